The minimum absolute atomic E-state index is 0.159. The van der Waals surface area contributed by atoms with Crippen LogP contribution in [0.1, 0.15) is 19.4 Å². The Morgan fingerprint density at radius 3 is 2.68 bits per heavy atom. The molecule has 0 amide bonds. The third kappa shape index (κ3) is 4.23. The molecule has 28 heavy (non-hydrogen) atoms. The van der Waals surface area contributed by atoms with Gasteiger partial charge in [0.05, 0.1) is 23.6 Å². The van der Waals surface area contributed by atoms with E-state index in [-0.39, 0.29) is 17.2 Å². The van der Waals surface area contributed by atoms with Crippen LogP contribution in [0, 0.1) is 28.9 Å². The highest BCUT2D eigenvalue weighted by atomic mass is 19.1. The number of nitrogens with one attached hydrogen (secondary N) is 1. The molecule has 0 saturated carbocycles. The third-order valence-corrected chi connectivity index (χ3v) is 3.93. The fourth-order valence-corrected chi connectivity index (χ4v) is 2.62. The van der Waals surface area contributed by atoms with Crippen LogP contribution >= 0.6 is 0 Å². The Kier molecular flexibility index (Phi) is 5.50. The van der Waals surface area contributed by atoms with Gasteiger partial charge >= 0.3 is 5.69 Å². The summed E-state index contributed by atoms with van der Waals surface area (Å²) in [6.45, 7) is 4.39. The summed E-state index contributed by atoms with van der Waals surface area (Å²) in [5.41, 5.74) is 0.475. The molecule has 2 aromatic carbocycles. The maximum atomic E-state index is 13.9. The van der Waals surface area contributed by atoms with Gasteiger partial charge in [-0.15, -0.1) is 0 Å². The van der Waals surface area contributed by atoms with Crippen LogP contribution in [0.4, 0.5) is 8.78 Å². The number of halogens is 2. The van der Waals surface area contributed by atoms with E-state index in [2.05, 4.69) is 9.97 Å². The highest BCUT2D eigenvalue weighted by molar-refractivity contribution is 5.72. The maximum Gasteiger partial charge on any atom is 0.345 e. The van der Waals surface area contributed by atoms with Crippen molar-refractivity contribution in [1.82, 2.24) is 9.97 Å². The van der Waals surface area contributed by atoms with E-state index in [9.17, 15) is 13.6 Å². The van der Waals surface area contributed by atoms with Crippen molar-refractivity contribution in [2.75, 3.05) is 6.61 Å². The van der Waals surface area contributed by atoms with Crippen LogP contribution < -0.4 is 10.4 Å². The van der Waals surface area contributed by atoms with Crippen molar-refractivity contribution in [1.29, 1.82) is 5.26 Å². The average Bonchev–Trinajstić information content (AvgIpc) is 2.66. The highest BCUT2D eigenvalue weighted by Crippen LogP contribution is 2.31. The van der Waals surface area contributed by atoms with Crippen molar-refractivity contribution in [3.8, 4) is 34.3 Å². The zero-order valence-electron chi connectivity index (χ0n) is 15.3. The standard InChI is InChI=1S/C21H17F2N3O2/c1-12(2)11-28-20-6-4-15(22)8-16(20)19-9-18(25-21(27)26-19)13-3-5-17(23)14(7-13)10-24/h3-9,12H,11H2,1-2H3,(H,25,26,27). The molecule has 3 aromatic rings. The van der Waals surface area contributed by atoms with Gasteiger partial charge in [0.1, 0.15) is 23.5 Å². The van der Waals surface area contributed by atoms with Gasteiger partial charge in [-0.25, -0.2) is 13.6 Å². The Morgan fingerprint density at radius 1 is 1.18 bits per heavy atom. The number of nitrogens with zero attached hydrogens (tertiary/aromatic N) is 2. The van der Waals surface area contributed by atoms with E-state index in [1.807, 2.05) is 13.8 Å². The lowest BCUT2D eigenvalue weighted by atomic mass is 10.0. The molecular formula is C21H17F2N3O2. The van der Waals surface area contributed by atoms with Crippen molar-refractivity contribution in [2.24, 2.45) is 5.92 Å². The fourth-order valence-electron chi connectivity index (χ4n) is 2.62. The summed E-state index contributed by atoms with van der Waals surface area (Å²) in [4.78, 5) is 18.6. The van der Waals surface area contributed by atoms with Crippen molar-refractivity contribution in [3.63, 3.8) is 0 Å². The van der Waals surface area contributed by atoms with E-state index >= 15 is 0 Å². The molecule has 1 aromatic heterocycles. The van der Waals surface area contributed by atoms with Crippen LogP contribution in [0.15, 0.2) is 47.3 Å². The summed E-state index contributed by atoms with van der Waals surface area (Å²) >= 11 is 0. The van der Waals surface area contributed by atoms with Crippen LogP contribution in [0.2, 0.25) is 0 Å². The molecule has 3 rings (SSSR count). The molecule has 0 aliphatic carbocycles. The van der Waals surface area contributed by atoms with Crippen molar-refractivity contribution >= 4 is 0 Å². The molecule has 1 N–H and O–H groups in total. The van der Waals surface area contributed by atoms with Gasteiger partial charge in [-0.05, 0) is 48.4 Å². The van der Waals surface area contributed by atoms with E-state index in [4.69, 9.17) is 10.00 Å². The van der Waals surface area contributed by atoms with Gasteiger partial charge in [0.25, 0.3) is 0 Å². The summed E-state index contributed by atoms with van der Waals surface area (Å²) in [6.07, 6.45) is 0. The Balaban J connectivity index is 2.11. The predicted octanol–water partition coefficient (Wildman–Crippen LogP) is 4.29. The average molecular weight is 381 g/mol. The van der Waals surface area contributed by atoms with E-state index in [0.717, 1.165) is 6.07 Å². The molecular weight excluding hydrogens is 364 g/mol. The third-order valence-electron chi connectivity index (χ3n) is 3.93. The Hall–Kier alpha value is -3.53. The SMILES string of the molecule is CC(C)COc1ccc(F)cc1-c1cc(-c2ccc(F)c(C#N)c2)nc(=O)[nH]1. The fraction of sp³-hybridized carbons (Fsp3) is 0.190. The highest BCUT2D eigenvalue weighted by Gasteiger charge is 2.13. The lowest BCUT2D eigenvalue weighted by Gasteiger charge is -2.14. The van der Waals surface area contributed by atoms with E-state index in [0.29, 0.717) is 29.2 Å². The molecule has 7 heteroatoms. The number of benzene rings is 2. The van der Waals surface area contributed by atoms with Gasteiger partial charge < -0.3 is 9.72 Å². The number of nitriles is 1. The number of hydrogen-bond donors (Lipinski definition) is 1. The first-order valence-corrected chi connectivity index (χ1v) is 8.61. The van der Waals surface area contributed by atoms with Gasteiger partial charge in [-0.3, -0.25) is 0 Å². The topological polar surface area (TPSA) is 78.8 Å². The second-order valence-corrected chi connectivity index (χ2v) is 6.64. The van der Waals surface area contributed by atoms with Crippen LogP contribution in [0.5, 0.6) is 5.75 Å². The van der Waals surface area contributed by atoms with Crippen molar-refractivity contribution < 1.29 is 13.5 Å². The van der Waals surface area contributed by atoms with Crippen LogP contribution in [0.25, 0.3) is 22.5 Å². The molecule has 0 radical (unpaired) electrons. The first kappa shape index (κ1) is 19.2. The van der Waals surface area contributed by atoms with Crippen LogP contribution in [0.3, 0.4) is 0 Å². The molecule has 0 spiro atoms. The van der Waals surface area contributed by atoms with Crippen molar-refractivity contribution in [3.05, 3.63) is 70.1 Å². The Morgan fingerprint density at radius 2 is 1.96 bits per heavy atom. The van der Waals surface area contributed by atoms with E-state index in [1.54, 1.807) is 6.07 Å². The monoisotopic (exact) mass is 381 g/mol. The molecule has 0 aliphatic rings. The smallest absolute Gasteiger partial charge is 0.345 e. The largest absolute Gasteiger partial charge is 0.493 e. The van der Waals surface area contributed by atoms with Gasteiger partial charge in [0.2, 0.25) is 0 Å². The summed E-state index contributed by atoms with van der Waals surface area (Å²) in [6, 6.07) is 11.2. The zero-order valence-corrected chi connectivity index (χ0v) is 15.3. The molecule has 0 fully saturated rings. The van der Waals surface area contributed by atoms with Gasteiger partial charge in [-0.2, -0.15) is 10.2 Å². The molecule has 0 atom stereocenters. The number of H-pyrrole nitrogens is 1. The summed E-state index contributed by atoms with van der Waals surface area (Å²) in [5, 5.41) is 9.01. The van der Waals surface area contributed by atoms with Crippen molar-refractivity contribution in [2.45, 2.75) is 13.8 Å². The molecule has 0 unspecified atom stereocenters. The van der Waals surface area contributed by atoms with Crippen LogP contribution in [-0.2, 0) is 0 Å². The predicted molar refractivity (Wildman–Crippen MR) is 101 cm³/mol. The summed E-state index contributed by atoms with van der Waals surface area (Å²) < 4.78 is 33.2. The molecule has 5 nitrogen and oxygen atoms in total. The minimum Gasteiger partial charge on any atom is -0.493 e. The summed E-state index contributed by atoms with van der Waals surface area (Å²) in [5.74, 6) is -0.473. The van der Waals surface area contributed by atoms with Crippen LogP contribution in [-0.4, -0.2) is 16.6 Å². The lowest BCUT2D eigenvalue weighted by molar-refractivity contribution is 0.271. The lowest BCUT2D eigenvalue weighted by Crippen LogP contribution is -2.13. The second-order valence-electron chi connectivity index (χ2n) is 6.64. The van der Waals surface area contributed by atoms with E-state index < -0.39 is 17.3 Å². The normalized spacial score (nSPS) is 10.7. The summed E-state index contributed by atoms with van der Waals surface area (Å²) in [7, 11) is 0. The number of aromatic nitrogens is 2. The number of rotatable bonds is 5. The quantitative estimate of drug-likeness (QED) is 0.715. The molecule has 0 saturated heterocycles. The Bertz CT molecular complexity index is 1120. The van der Waals surface area contributed by atoms with E-state index in [1.165, 1.54) is 36.4 Å². The molecule has 0 aliphatic heterocycles. The van der Waals surface area contributed by atoms with Gasteiger partial charge in [0.15, 0.2) is 0 Å². The first-order chi connectivity index (χ1) is 13.4. The molecule has 1 heterocycles. The number of aromatic amines is 1. The zero-order chi connectivity index (χ0) is 20.3. The number of hydrogen-bond acceptors (Lipinski definition) is 4. The van der Waals surface area contributed by atoms with Gasteiger partial charge in [0, 0.05) is 11.1 Å². The number of ether oxygens (including phenoxy) is 1. The first-order valence-electron chi connectivity index (χ1n) is 8.61. The Labute approximate surface area is 160 Å². The molecule has 0 bridgehead atoms. The minimum atomic E-state index is -0.661. The maximum absolute atomic E-state index is 13.9. The second kappa shape index (κ2) is 8.01. The molecule has 142 valence electrons. The van der Waals surface area contributed by atoms with Gasteiger partial charge in [-0.1, -0.05) is 13.8 Å².